The number of nitrogens with zero attached hydrogens (tertiary/aromatic N) is 3. The summed E-state index contributed by atoms with van der Waals surface area (Å²) in [4.78, 5) is 35.0. The van der Waals surface area contributed by atoms with E-state index in [2.05, 4.69) is 10.4 Å². The largest absolute Gasteiger partial charge is 0.454 e. The molecule has 1 aromatic heterocycles. The van der Waals surface area contributed by atoms with Crippen molar-refractivity contribution < 1.29 is 24.0 Å². The number of non-ortho nitro benzene ring substituents is 1. The molecular formula is C19H14N4O6. The molecule has 0 aliphatic carbocycles. The van der Waals surface area contributed by atoms with Crippen molar-refractivity contribution in [3.8, 4) is 17.2 Å². The molecule has 2 heterocycles. The van der Waals surface area contributed by atoms with E-state index in [-0.39, 0.29) is 35.2 Å². The molecule has 0 unspecified atom stereocenters. The molecule has 0 saturated heterocycles. The second-order valence-electron chi connectivity index (χ2n) is 6.18. The third-order valence-electron chi connectivity index (χ3n) is 4.27. The molecular weight excluding hydrogens is 380 g/mol. The van der Waals surface area contributed by atoms with Gasteiger partial charge in [-0.05, 0) is 25.1 Å². The van der Waals surface area contributed by atoms with Crippen LogP contribution in [-0.4, -0.2) is 33.2 Å². The number of ether oxygens (including phenoxy) is 2. The van der Waals surface area contributed by atoms with Crippen LogP contribution in [0.25, 0.3) is 5.69 Å². The van der Waals surface area contributed by atoms with Crippen molar-refractivity contribution in [1.82, 2.24) is 9.78 Å². The molecule has 0 bridgehead atoms. The van der Waals surface area contributed by atoms with E-state index in [0.717, 1.165) is 0 Å². The van der Waals surface area contributed by atoms with Crippen LogP contribution in [0, 0.1) is 10.1 Å². The molecule has 4 rings (SSSR count). The molecule has 1 aliphatic heterocycles. The van der Waals surface area contributed by atoms with Crippen LogP contribution in [0.1, 0.15) is 27.8 Å². The Morgan fingerprint density at radius 1 is 1.17 bits per heavy atom. The number of hydrogen-bond donors (Lipinski definition) is 1. The average molecular weight is 394 g/mol. The molecule has 0 radical (unpaired) electrons. The minimum absolute atomic E-state index is 0.0394. The zero-order chi connectivity index (χ0) is 20.5. The van der Waals surface area contributed by atoms with E-state index in [0.29, 0.717) is 17.2 Å². The van der Waals surface area contributed by atoms with Gasteiger partial charge in [0.05, 0.1) is 16.3 Å². The molecule has 0 spiro atoms. The van der Waals surface area contributed by atoms with Crippen molar-refractivity contribution in [3.63, 3.8) is 0 Å². The Labute approximate surface area is 163 Å². The van der Waals surface area contributed by atoms with Crippen LogP contribution in [-0.2, 0) is 0 Å². The fourth-order valence-corrected chi connectivity index (χ4v) is 2.86. The summed E-state index contributed by atoms with van der Waals surface area (Å²) >= 11 is 0. The number of nitrogens with one attached hydrogen (secondary N) is 1. The highest BCUT2D eigenvalue weighted by atomic mass is 16.7. The van der Waals surface area contributed by atoms with Gasteiger partial charge in [-0.3, -0.25) is 19.7 Å². The third kappa shape index (κ3) is 3.50. The summed E-state index contributed by atoms with van der Waals surface area (Å²) < 4.78 is 11.9. The highest BCUT2D eigenvalue weighted by molar-refractivity contribution is 6.08. The van der Waals surface area contributed by atoms with Crippen molar-refractivity contribution in [1.29, 1.82) is 0 Å². The van der Waals surface area contributed by atoms with Gasteiger partial charge < -0.3 is 14.8 Å². The van der Waals surface area contributed by atoms with E-state index in [1.807, 2.05) is 0 Å². The number of rotatable bonds is 5. The summed E-state index contributed by atoms with van der Waals surface area (Å²) in [5.41, 5.74) is 0.974. The first-order chi connectivity index (χ1) is 13.9. The number of fused-ring (bicyclic) bond motifs is 1. The number of nitro benzene ring substituents is 1. The van der Waals surface area contributed by atoms with Crippen LogP contribution in [0.3, 0.4) is 0 Å². The van der Waals surface area contributed by atoms with E-state index in [1.165, 1.54) is 54.2 Å². The predicted octanol–water partition coefficient (Wildman–Crippen LogP) is 2.96. The van der Waals surface area contributed by atoms with Gasteiger partial charge in [0.2, 0.25) is 6.79 Å². The first-order valence-corrected chi connectivity index (χ1v) is 8.49. The van der Waals surface area contributed by atoms with Gasteiger partial charge in [0.25, 0.3) is 11.6 Å². The summed E-state index contributed by atoms with van der Waals surface area (Å²) in [6.45, 7) is 1.42. The first-order valence-electron chi connectivity index (χ1n) is 8.49. The van der Waals surface area contributed by atoms with Gasteiger partial charge in [-0.2, -0.15) is 5.10 Å². The maximum absolute atomic E-state index is 12.6. The quantitative estimate of drug-likeness (QED) is 0.400. The van der Waals surface area contributed by atoms with Crippen LogP contribution in [0.2, 0.25) is 0 Å². The Morgan fingerprint density at radius 2 is 1.93 bits per heavy atom. The van der Waals surface area contributed by atoms with Crippen LogP contribution < -0.4 is 14.8 Å². The van der Waals surface area contributed by atoms with Gasteiger partial charge in [0.1, 0.15) is 0 Å². The fourth-order valence-electron chi connectivity index (χ4n) is 2.86. The summed E-state index contributed by atoms with van der Waals surface area (Å²) in [7, 11) is 0. The fraction of sp³-hybridized carbons (Fsp3) is 0.105. The Hall–Kier alpha value is -4.21. The molecule has 2 aromatic carbocycles. The van der Waals surface area contributed by atoms with Crippen LogP contribution in [0.4, 0.5) is 11.4 Å². The molecule has 10 heteroatoms. The number of amides is 1. The van der Waals surface area contributed by atoms with E-state index >= 15 is 0 Å². The zero-order valence-corrected chi connectivity index (χ0v) is 15.1. The van der Waals surface area contributed by atoms with E-state index in [1.54, 1.807) is 6.07 Å². The Balaban J connectivity index is 1.60. The summed E-state index contributed by atoms with van der Waals surface area (Å²) in [6, 6.07) is 10.4. The van der Waals surface area contributed by atoms with Crippen LogP contribution >= 0.6 is 0 Å². The number of hydrogen-bond acceptors (Lipinski definition) is 7. The lowest BCUT2D eigenvalue weighted by Crippen LogP contribution is -2.15. The van der Waals surface area contributed by atoms with E-state index in [4.69, 9.17) is 9.47 Å². The maximum atomic E-state index is 12.6. The number of Topliss-reactive ketones (excluding diaryl/α,β-unsaturated/α-hetero) is 1. The minimum Gasteiger partial charge on any atom is -0.454 e. The van der Waals surface area contributed by atoms with Gasteiger partial charge in [-0.1, -0.05) is 6.07 Å². The second kappa shape index (κ2) is 7.08. The van der Waals surface area contributed by atoms with Gasteiger partial charge in [0, 0.05) is 30.0 Å². The smallest absolute Gasteiger partial charge is 0.276 e. The van der Waals surface area contributed by atoms with Crippen molar-refractivity contribution >= 4 is 23.1 Å². The SMILES string of the molecule is CC(=O)c1cc2c(cc1NC(=O)c1ccn(-c3cccc([N+](=O)[O-])c3)n1)OCO2. The molecule has 0 atom stereocenters. The number of carbonyl (C=O) groups excluding carboxylic acids is 2. The van der Waals surface area contributed by atoms with Gasteiger partial charge >= 0.3 is 0 Å². The molecule has 146 valence electrons. The zero-order valence-electron chi connectivity index (χ0n) is 15.1. The first kappa shape index (κ1) is 18.2. The van der Waals surface area contributed by atoms with E-state index in [9.17, 15) is 19.7 Å². The van der Waals surface area contributed by atoms with Crippen molar-refractivity contribution in [3.05, 3.63) is 70.0 Å². The molecule has 1 amide bonds. The molecule has 29 heavy (non-hydrogen) atoms. The number of ketones is 1. The molecule has 0 fully saturated rings. The molecule has 10 nitrogen and oxygen atoms in total. The second-order valence-corrected chi connectivity index (χ2v) is 6.18. The normalized spacial score (nSPS) is 11.9. The van der Waals surface area contributed by atoms with E-state index < -0.39 is 10.8 Å². The lowest BCUT2D eigenvalue weighted by atomic mass is 10.1. The topological polar surface area (TPSA) is 126 Å². The van der Waals surface area contributed by atoms with Gasteiger partial charge in [-0.15, -0.1) is 0 Å². The lowest BCUT2D eigenvalue weighted by Gasteiger charge is -2.09. The van der Waals surface area contributed by atoms with Crippen LogP contribution in [0.5, 0.6) is 11.5 Å². The third-order valence-corrected chi connectivity index (χ3v) is 4.27. The highest BCUT2D eigenvalue weighted by Crippen LogP contribution is 2.37. The van der Waals surface area contributed by atoms with Crippen molar-refractivity contribution in [2.45, 2.75) is 6.92 Å². The average Bonchev–Trinajstić information content (AvgIpc) is 3.36. The Bertz CT molecular complexity index is 1150. The Morgan fingerprint density at radius 3 is 2.66 bits per heavy atom. The minimum atomic E-state index is -0.546. The summed E-state index contributed by atoms with van der Waals surface area (Å²) in [6.07, 6.45) is 1.51. The standard InChI is InChI=1S/C19H14N4O6/c1-11(24)14-8-17-18(29-10-28-17)9-16(14)20-19(25)15-5-6-22(21-15)12-3-2-4-13(7-12)23(26)27/h2-9H,10H2,1H3,(H,20,25). The summed E-state index contributed by atoms with van der Waals surface area (Å²) in [5, 5.41) is 17.8. The number of aromatic nitrogens is 2. The molecule has 1 aliphatic rings. The van der Waals surface area contributed by atoms with Gasteiger partial charge in [0.15, 0.2) is 23.0 Å². The highest BCUT2D eigenvalue weighted by Gasteiger charge is 2.21. The molecule has 0 saturated carbocycles. The molecule has 3 aromatic rings. The Kier molecular flexibility index (Phi) is 4.43. The number of anilines is 1. The van der Waals surface area contributed by atoms with Crippen molar-refractivity contribution in [2.75, 3.05) is 12.1 Å². The van der Waals surface area contributed by atoms with Crippen molar-refractivity contribution in [2.24, 2.45) is 0 Å². The predicted molar refractivity (Wildman–Crippen MR) is 101 cm³/mol. The number of nitro groups is 1. The lowest BCUT2D eigenvalue weighted by molar-refractivity contribution is -0.384. The monoisotopic (exact) mass is 394 g/mol. The van der Waals surface area contributed by atoms with Crippen LogP contribution in [0.15, 0.2) is 48.7 Å². The number of carbonyl (C=O) groups is 2. The summed E-state index contributed by atoms with van der Waals surface area (Å²) in [5.74, 6) is 0.0619. The van der Waals surface area contributed by atoms with Gasteiger partial charge in [-0.25, -0.2) is 4.68 Å². The molecule has 1 N–H and O–H groups in total. The maximum Gasteiger partial charge on any atom is 0.276 e. The number of benzene rings is 2.